The zero-order chi connectivity index (χ0) is 14.0. The van der Waals surface area contributed by atoms with E-state index in [2.05, 4.69) is 4.98 Å². The van der Waals surface area contributed by atoms with Gasteiger partial charge in [-0.3, -0.25) is 0 Å². The van der Waals surface area contributed by atoms with Crippen LogP contribution in [-0.4, -0.2) is 4.98 Å². The van der Waals surface area contributed by atoms with E-state index < -0.39 is 0 Å². The van der Waals surface area contributed by atoms with Gasteiger partial charge in [0.1, 0.15) is 5.75 Å². The maximum atomic E-state index is 6.03. The van der Waals surface area contributed by atoms with Crippen LogP contribution in [0.4, 0.5) is 0 Å². The highest BCUT2D eigenvalue weighted by Gasteiger charge is 2.10. The number of nitrogens with zero attached hydrogens (tertiary/aromatic N) is 1. The van der Waals surface area contributed by atoms with Gasteiger partial charge in [0.05, 0.1) is 15.1 Å². The van der Waals surface area contributed by atoms with Crippen LogP contribution in [-0.2, 0) is 0 Å². The zero-order valence-corrected chi connectivity index (χ0v) is 12.3. The van der Waals surface area contributed by atoms with Crippen molar-refractivity contribution in [2.24, 2.45) is 5.73 Å². The molecule has 100 valence electrons. The predicted octanol–water partition coefficient (Wildman–Crippen LogP) is 4.85. The molecule has 0 fully saturated rings. The third-order valence-electron chi connectivity index (χ3n) is 2.47. The lowest BCUT2D eigenvalue weighted by Crippen LogP contribution is -2.05. The molecule has 0 aliphatic heterocycles. The van der Waals surface area contributed by atoms with E-state index >= 15 is 0 Å². The van der Waals surface area contributed by atoms with Gasteiger partial charge in [0.15, 0.2) is 0 Å². The highest BCUT2D eigenvalue weighted by molar-refractivity contribution is 6.43. The first-order valence-electron chi connectivity index (χ1n) is 5.51. The number of benzene rings is 1. The molecule has 0 saturated carbocycles. The number of rotatable bonds is 3. The lowest BCUT2D eigenvalue weighted by Gasteiger charge is -2.10. The standard InChI is InChI=1S/C13H11Cl3N2O/c1-7(17)8-2-3-18-13(4-8)19-12-6-10(15)9(14)5-11(12)16/h2-7H,17H2,1H3/t7-/m0/s1. The van der Waals surface area contributed by atoms with Crippen molar-refractivity contribution in [3.63, 3.8) is 0 Å². The normalized spacial score (nSPS) is 12.3. The summed E-state index contributed by atoms with van der Waals surface area (Å²) in [6.07, 6.45) is 1.62. The Labute approximate surface area is 126 Å². The van der Waals surface area contributed by atoms with Crippen LogP contribution in [0.25, 0.3) is 0 Å². The Morgan fingerprint density at radius 2 is 1.79 bits per heavy atom. The van der Waals surface area contributed by atoms with Gasteiger partial charge in [0, 0.05) is 24.4 Å². The van der Waals surface area contributed by atoms with Crippen molar-refractivity contribution in [1.82, 2.24) is 4.98 Å². The van der Waals surface area contributed by atoms with Crippen molar-refractivity contribution in [1.29, 1.82) is 0 Å². The molecule has 0 unspecified atom stereocenters. The average Bonchev–Trinajstić information content (AvgIpc) is 2.36. The van der Waals surface area contributed by atoms with E-state index in [1.165, 1.54) is 6.07 Å². The van der Waals surface area contributed by atoms with Gasteiger partial charge in [-0.2, -0.15) is 0 Å². The molecule has 2 aromatic rings. The lowest BCUT2D eigenvalue weighted by molar-refractivity contribution is 0.462. The van der Waals surface area contributed by atoms with Gasteiger partial charge < -0.3 is 10.5 Å². The van der Waals surface area contributed by atoms with Gasteiger partial charge >= 0.3 is 0 Å². The molecule has 1 heterocycles. The second kappa shape index (κ2) is 5.97. The maximum absolute atomic E-state index is 6.03. The van der Waals surface area contributed by atoms with Crippen molar-refractivity contribution in [3.8, 4) is 11.6 Å². The molecule has 0 radical (unpaired) electrons. The van der Waals surface area contributed by atoms with Crippen molar-refractivity contribution >= 4 is 34.8 Å². The van der Waals surface area contributed by atoms with Crippen LogP contribution in [0.15, 0.2) is 30.5 Å². The van der Waals surface area contributed by atoms with Crippen LogP contribution in [0.5, 0.6) is 11.6 Å². The maximum Gasteiger partial charge on any atom is 0.219 e. The molecular weight excluding hydrogens is 307 g/mol. The van der Waals surface area contributed by atoms with E-state index in [1.54, 1.807) is 18.3 Å². The molecule has 19 heavy (non-hydrogen) atoms. The minimum absolute atomic E-state index is 0.102. The Morgan fingerprint density at radius 1 is 1.11 bits per heavy atom. The Kier molecular flexibility index (Phi) is 4.53. The number of halogens is 3. The van der Waals surface area contributed by atoms with Gasteiger partial charge in [0.2, 0.25) is 5.88 Å². The Bertz CT molecular complexity index is 602. The number of hydrogen-bond acceptors (Lipinski definition) is 3. The van der Waals surface area contributed by atoms with Gasteiger partial charge in [0.25, 0.3) is 0 Å². The number of pyridine rings is 1. The molecule has 1 atom stereocenters. The summed E-state index contributed by atoms with van der Waals surface area (Å²) in [6.45, 7) is 1.88. The van der Waals surface area contributed by atoms with Crippen LogP contribution in [0.3, 0.4) is 0 Å². The minimum Gasteiger partial charge on any atom is -0.437 e. The molecule has 0 amide bonds. The molecule has 0 saturated heterocycles. The Hall–Kier alpha value is -1.000. The van der Waals surface area contributed by atoms with Gasteiger partial charge in [-0.05, 0) is 24.6 Å². The van der Waals surface area contributed by atoms with Gasteiger partial charge in [-0.15, -0.1) is 0 Å². The van der Waals surface area contributed by atoms with E-state index in [0.717, 1.165) is 5.56 Å². The van der Waals surface area contributed by atoms with Crippen molar-refractivity contribution in [2.75, 3.05) is 0 Å². The van der Waals surface area contributed by atoms with Crippen LogP contribution >= 0.6 is 34.8 Å². The molecule has 6 heteroatoms. The predicted molar refractivity (Wildman–Crippen MR) is 78.4 cm³/mol. The molecular formula is C13H11Cl3N2O. The molecule has 1 aromatic heterocycles. The smallest absolute Gasteiger partial charge is 0.219 e. The van der Waals surface area contributed by atoms with Gasteiger partial charge in [-0.1, -0.05) is 34.8 Å². The van der Waals surface area contributed by atoms with Crippen LogP contribution < -0.4 is 10.5 Å². The number of nitrogens with two attached hydrogens (primary N) is 1. The topological polar surface area (TPSA) is 48.1 Å². The van der Waals surface area contributed by atoms with Crippen molar-refractivity contribution in [2.45, 2.75) is 13.0 Å². The summed E-state index contributed by atoms with van der Waals surface area (Å²) in [5.74, 6) is 0.792. The fourth-order valence-corrected chi connectivity index (χ4v) is 2.03. The molecule has 2 N–H and O–H groups in total. The first-order chi connectivity index (χ1) is 8.97. The summed E-state index contributed by atoms with van der Waals surface area (Å²) in [4.78, 5) is 4.10. The van der Waals surface area contributed by atoms with E-state index in [9.17, 15) is 0 Å². The molecule has 3 nitrogen and oxygen atoms in total. The average molecular weight is 318 g/mol. The monoisotopic (exact) mass is 316 g/mol. The molecule has 0 aliphatic rings. The largest absolute Gasteiger partial charge is 0.437 e. The Balaban J connectivity index is 2.31. The molecule has 0 spiro atoms. The summed E-state index contributed by atoms with van der Waals surface area (Å²) in [5.41, 5.74) is 6.72. The van der Waals surface area contributed by atoms with E-state index in [-0.39, 0.29) is 6.04 Å². The molecule has 2 rings (SSSR count). The third kappa shape index (κ3) is 3.51. The van der Waals surface area contributed by atoms with Crippen LogP contribution in [0.2, 0.25) is 15.1 Å². The summed E-state index contributed by atoms with van der Waals surface area (Å²) < 4.78 is 5.59. The van der Waals surface area contributed by atoms with Crippen molar-refractivity contribution < 1.29 is 4.74 Å². The van der Waals surface area contributed by atoms with Crippen LogP contribution in [0.1, 0.15) is 18.5 Å². The van der Waals surface area contributed by atoms with E-state index in [4.69, 9.17) is 45.3 Å². The number of hydrogen-bond donors (Lipinski definition) is 1. The second-order valence-corrected chi connectivity index (χ2v) is 5.24. The van der Waals surface area contributed by atoms with E-state index in [0.29, 0.717) is 26.7 Å². The summed E-state index contributed by atoms with van der Waals surface area (Å²) in [7, 11) is 0. The summed E-state index contributed by atoms with van der Waals surface area (Å²) >= 11 is 17.8. The fraction of sp³-hybridized carbons (Fsp3) is 0.154. The molecule has 0 aliphatic carbocycles. The SMILES string of the molecule is C[C@H](N)c1ccnc(Oc2cc(Cl)c(Cl)cc2Cl)c1. The first kappa shape index (κ1) is 14.4. The minimum atomic E-state index is -0.102. The number of ether oxygens (including phenoxy) is 1. The quantitative estimate of drug-likeness (QED) is 0.823. The first-order valence-corrected chi connectivity index (χ1v) is 6.64. The summed E-state index contributed by atoms with van der Waals surface area (Å²) in [6, 6.07) is 6.55. The lowest BCUT2D eigenvalue weighted by atomic mass is 10.1. The highest BCUT2D eigenvalue weighted by atomic mass is 35.5. The number of aromatic nitrogens is 1. The van der Waals surface area contributed by atoms with Gasteiger partial charge in [-0.25, -0.2) is 4.98 Å². The molecule has 0 bridgehead atoms. The second-order valence-electron chi connectivity index (χ2n) is 4.01. The highest BCUT2D eigenvalue weighted by Crippen LogP contribution is 2.36. The fourth-order valence-electron chi connectivity index (χ4n) is 1.46. The molecule has 1 aromatic carbocycles. The summed E-state index contributed by atoms with van der Waals surface area (Å²) in [5, 5.41) is 1.10. The van der Waals surface area contributed by atoms with Crippen molar-refractivity contribution in [3.05, 3.63) is 51.1 Å². The van der Waals surface area contributed by atoms with E-state index in [1.807, 2.05) is 13.0 Å². The zero-order valence-electron chi connectivity index (χ0n) is 10.0. The Morgan fingerprint density at radius 3 is 2.47 bits per heavy atom. The van der Waals surface area contributed by atoms with Crippen LogP contribution in [0, 0.1) is 0 Å². The third-order valence-corrected chi connectivity index (χ3v) is 3.49.